The molecule has 0 saturated heterocycles. The molecule has 0 aliphatic heterocycles. The lowest BCUT2D eigenvalue weighted by molar-refractivity contribution is 0.301. The molecule has 0 bridgehead atoms. The fourth-order valence-corrected chi connectivity index (χ4v) is 4.93. The number of anilines is 1. The zero-order chi connectivity index (χ0) is 15.6. The van der Waals surface area contributed by atoms with E-state index in [1.807, 2.05) is 19.9 Å². The van der Waals surface area contributed by atoms with Crippen LogP contribution in [0.5, 0.6) is 0 Å². The van der Waals surface area contributed by atoms with E-state index in [4.69, 9.17) is 5.73 Å². The van der Waals surface area contributed by atoms with Crippen LogP contribution in [0.3, 0.4) is 0 Å². The third-order valence-corrected chi connectivity index (χ3v) is 6.38. The van der Waals surface area contributed by atoms with Gasteiger partial charge >= 0.3 is 0 Å². The first-order chi connectivity index (χ1) is 9.85. The molecule has 0 radical (unpaired) electrons. The van der Waals surface area contributed by atoms with Crippen molar-refractivity contribution in [3.05, 3.63) is 23.3 Å². The Morgan fingerprint density at radius 1 is 1.29 bits per heavy atom. The molecule has 1 aromatic carbocycles. The van der Waals surface area contributed by atoms with Crippen molar-refractivity contribution in [1.29, 1.82) is 0 Å². The topological polar surface area (TPSA) is 72.2 Å². The average Bonchev–Trinajstić information content (AvgIpc) is 2.42. The molecular weight excluding hydrogens is 284 g/mol. The number of nitrogens with one attached hydrogen (secondary N) is 1. The summed E-state index contributed by atoms with van der Waals surface area (Å²) in [5.41, 5.74) is 7.93. The standard InChI is InChI=1S/C16H26N2O2S/c1-4-13-6-5-7-14(10-13)18-21(19,20)16-12(3)11(2)8-9-15(16)17/h8-9,13-14,18H,4-7,10,17H2,1-3H3. The second-order valence-corrected chi connectivity index (χ2v) is 7.84. The molecule has 2 rings (SSSR count). The number of benzene rings is 1. The van der Waals surface area contributed by atoms with Gasteiger partial charge in [-0.05, 0) is 49.8 Å². The van der Waals surface area contributed by atoms with E-state index in [1.165, 1.54) is 6.42 Å². The van der Waals surface area contributed by atoms with Gasteiger partial charge in [-0.3, -0.25) is 0 Å². The summed E-state index contributed by atoms with van der Waals surface area (Å²) in [4.78, 5) is 0.251. The van der Waals surface area contributed by atoms with Crippen molar-refractivity contribution in [1.82, 2.24) is 4.72 Å². The summed E-state index contributed by atoms with van der Waals surface area (Å²) in [6.07, 6.45) is 5.26. The van der Waals surface area contributed by atoms with Crippen LogP contribution in [0.1, 0.15) is 50.2 Å². The van der Waals surface area contributed by atoms with E-state index in [-0.39, 0.29) is 10.9 Å². The zero-order valence-corrected chi connectivity index (χ0v) is 14.0. The smallest absolute Gasteiger partial charge is 0.243 e. The minimum absolute atomic E-state index is 0.0352. The third kappa shape index (κ3) is 3.58. The molecule has 5 heteroatoms. The molecule has 1 aliphatic carbocycles. The summed E-state index contributed by atoms with van der Waals surface area (Å²) >= 11 is 0. The Hall–Kier alpha value is -1.07. The summed E-state index contributed by atoms with van der Waals surface area (Å²) in [5, 5.41) is 0. The number of rotatable bonds is 4. The average molecular weight is 310 g/mol. The molecule has 0 heterocycles. The van der Waals surface area contributed by atoms with E-state index in [9.17, 15) is 8.42 Å². The van der Waals surface area contributed by atoms with Gasteiger partial charge in [-0.25, -0.2) is 13.1 Å². The van der Waals surface area contributed by atoms with E-state index >= 15 is 0 Å². The molecule has 0 amide bonds. The maximum Gasteiger partial charge on any atom is 0.243 e. The van der Waals surface area contributed by atoms with Gasteiger partial charge in [0.25, 0.3) is 0 Å². The molecule has 1 saturated carbocycles. The highest BCUT2D eigenvalue weighted by Crippen LogP contribution is 2.30. The molecule has 2 atom stereocenters. The van der Waals surface area contributed by atoms with Crippen molar-refractivity contribution < 1.29 is 8.42 Å². The van der Waals surface area contributed by atoms with Crippen LogP contribution in [0.2, 0.25) is 0 Å². The summed E-state index contributed by atoms with van der Waals surface area (Å²) in [7, 11) is -3.55. The van der Waals surface area contributed by atoms with Gasteiger partial charge in [0.15, 0.2) is 0 Å². The van der Waals surface area contributed by atoms with Crippen LogP contribution in [0, 0.1) is 19.8 Å². The van der Waals surface area contributed by atoms with Gasteiger partial charge in [0.05, 0.1) is 5.69 Å². The van der Waals surface area contributed by atoms with Crippen LogP contribution < -0.4 is 10.5 Å². The fraction of sp³-hybridized carbons (Fsp3) is 0.625. The Bertz CT molecular complexity index is 611. The Kier molecular flexibility index (Phi) is 4.94. The SMILES string of the molecule is CCC1CCCC(NS(=O)(=O)c2c(N)ccc(C)c2C)C1. The van der Waals surface area contributed by atoms with E-state index in [2.05, 4.69) is 11.6 Å². The molecule has 4 nitrogen and oxygen atoms in total. The molecule has 1 aliphatic rings. The number of hydrogen-bond donors (Lipinski definition) is 2. The van der Waals surface area contributed by atoms with Crippen molar-refractivity contribution in [2.45, 2.75) is 63.8 Å². The molecule has 21 heavy (non-hydrogen) atoms. The zero-order valence-electron chi connectivity index (χ0n) is 13.1. The highest BCUT2D eigenvalue weighted by molar-refractivity contribution is 7.89. The van der Waals surface area contributed by atoms with Crippen molar-refractivity contribution in [2.75, 3.05) is 5.73 Å². The normalized spacial score (nSPS) is 23.2. The molecule has 1 fully saturated rings. The monoisotopic (exact) mass is 310 g/mol. The third-order valence-electron chi connectivity index (χ3n) is 4.66. The molecule has 0 spiro atoms. The number of sulfonamides is 1. The summed E-state index contributed by atoms with van der Waals surface area (Å²) < 4.78 is 28.3. The molecular formula is C16H26N2O2S. The molecule has 3 N–H and O–H groups in total. The maximum atomic E-state index is 12.7. The van der Waals surface area contributed by atoms with E-state index < -0.39 is 10.0 Å². The molecule has 1 aromatic rings. The van der Waals surface area contributed by atoms with Crippen molar-refractivity contribution >= 4 is 15.7 Å². The van der Waals surface area contributed by atoms with Gasteiger partial charge in [-0.1, -0.05) is 32.3 Å². The summed E-state index contributed by atoms with van der Waals surface area (Å²) in [6.45, 7) is 5.89. The highest BCUT2D eigenvalue weighted by atomic mass is 32.2. The minimum Gasteiger partial charge on any atom is -0.398 e. The Balaban J connectivity index is 2.25. The highest BCUT2D eigenvalue weighted by Gasteiger charge is 2.28. The largest absolute Gasteiger partial charge is 0.398 e. The van der Waals surface area contributed by atoms with Gasteiger partial charge in [0.1, 0.15) is 4.90 Å². The molecule has 0 aromatic heterocycles. The van der Waals surface area contributed by atoms with Gasteiger partial charge in [0.2, 0.25) is 10.0 Å². The van der Waals surface area contributed by atoms with Gasteiger partial charge < -0.3 is 5.73 Å². The van der Waals surface area contributed by atoms with Crippen molar-refractivity contribution in [2.24, 2.45) is 5.92 Å². The maximum absolute atomic E-state index is 12.7. The second kappa shape index (κ2) is 6.36. The van der Waals surface area contributed by atoms with Gasteiger partial charge in [-0.2, -0.15) is 0 Å². The Morgan fingerprint density at radius 3 is 2.67 bits per heavy atom. The van der Waals surface area contributed by atoms with E-state index in [0.29, 0.717) is 11.6 Å². The number of nitrogens with two attached hydrogens (primary N) is 1. The van der Waals surface area contributed by atoms with Crippen LogP contribution in [0.4, 0.5) is 5.69 Å². The number of aryl methyl sites for hydroxylation is 1. The van der Waals surface area contributed by atoms with Gasteiger partial charge in [0, 0.05) is 6.04 Å². The second-order valence-electron chi connectivity index (χ2n) is 6.18. The first-order valence-electron chi connectivity index (χ1n) is 7.73. The first kappa shape index (κ1) is 16.3. The van der Waals surface area contributed by atoms with Crippen molar-refractivity contribution in [3.8, 4) is 0 Å². The van der Waals surface area contributed by atoms with Gasteiger partial charge in [-0.15, -0.1) is 0 Å². The first-order valence-corrected chi connectivity index (χ1v) is 9.21. The minimum atomic E-state index is -3.55. The van der Waals surface area contributed by atoms with E-state index in [0.717, 1.165) is 36.8 Å². The predicted octanol–water partition coefficient (Wildman–Crippen LogP) is 3.13. The van der Waals surface area contributed by atoms with Crippen LogP contribution in [0.25, 0.3) is 0 Å². The Labute approximate surface area is 128 Å². The Morgan fingerprint density at radius 2 is 2.00 bits per heavy atom. The molecule has 2 unspecified atom stereocenters. The quantitative estimate of drug-likeness (QED) is 0.839. The number of nitrogen functional groups attached to an aromatic ring is 1. The lowest BCUT2D eigenvalue weighted by Crippen LogP contribution is -2.38. The van der Waals surface area contributed by atoms with Crippen LogP contribution in [0.15, 0.2) is 17.0 Å². The lowest BCUT2D eigenvalue weighted by atomic mass is 9.85. The fourth-order valence-electron chi connectivity index (χ4n) is 3.21. The van der Waals surface area contributed by atoms with Crippen LogP contribution in [-0.4, -0.2) is 14.5 Å². The van der Waals surface area contributed by atoms with E-state index in [1.54, 1.807) is 6.07 Å². The van der Waals surface area contributed by atoms with Crippen LogP contribution in [-0.2, 0) is 10.0 Å². The molecule has 118 valence electrons. The summed E-state index contributed by atoms with van der Waals surface area (Å²) in [6, 6.07) is 3.57. The van der Waals surface area contributed by atoms with Crippen molar-refractivity contribution in [3.63, 3.8) is 0 Å². The van der Waals surface area contributed by atoms with Crippen LogP contribution >= 0.6 is 0 Å². The lowest BCUT2D eigenvalue weighted by Gasteiger charge is -2.29. The predicted molar refractivity (Wildman–Crippen MR) is 86.7 cm³/mol. The summed E-state index contributed by atoms with van der Waals surface area (Å²) in [5.74, 6) is 0.627. The number of hydrogen-bond acceptors (Lipinski definition) is 3.